The highest BCUT2D eigenvalue weighted by atomic mass is 127. The second-order valence-electron chi connectivity index (χ2n) is 6.80. The molecule has 0 aliphatic rings. The van der Waals surface area contributed by atoms with E-state index in [1.807, 2.05) is 43.3 Å². The fourth-order valence-corrected chi connectivity index (χ4v) is 3.54. The molecule has 0 saturated heterocycles. The Balaban J connectivity index is 0.00000240. The fourth-order valence-electron chi connectivity index (χ4n) is 3.54. The van der Waals surface area contributed by atoms with E-state index in [2.05, 4.69) is 44.2 Å². The molecule has 0 bridgehead atoms. The molecule has 29 heavy (non-hydrogen) atoms. The molecule has 0 aliphatic carbocycles. The molecular weight excluding hydrogens is 477 g/mol. The van der Waals surface area contributed by atoms with E-state index >= 15 is 0 Å². The third-order valence-corrected chi connectivity index (χ3v) is 5.06. The third-order valence-electron chi connectivity index (χ3n) is 5.06. The van der Waals surface area contributed by atoms with E-state index in [0.717, 1.165) is 52.6 Å². The number of aromatic nitrogens is 2. The number of hydrogen-bond donors (Lipinski definition) is 2. The van der Waals surface area contributed by atoms with Gasteiger partial charge < -0.3 is 19.6 Å². The number of furan rings is 1. The summed E-state index contributed by atoms with van der Waals surface area (Å²) in [6, 6.07) is 16.3. The van der Waals surface area contributed by atoms with E-state index in [1.165, 1.54) is 5.56 Å². The topological polar surface area (TPSA) is 67.4 Å². The lowest BCUT2D eigenvalue weighted by Gasteiger charge is -2.13. The van der Waals surface area contributed by atoms with E-state index in [-0.39, 0.29) is 24.0 Å². The minimum atomic E-state index is 0. The van der Waals surface area contributed by atoms with E-state index in [9.17, 15) is 0 Å². The summed E-state index contributed by atoms with van der Waals surface area (Å²) in [7, 11) is 1.78. The van der Waals surface area contributed by atoms with Crippen LogP contribution in [0, 0.1) is 13.8 Å². The molecule has 6 nitrogen and oxygen atoms in total. The highest BCUT2D eigenvalue weighted by Gasteiger charge is 2.10. The molecule has 0 aliphatic heterocycles. The van der Waals surface area contributed by atoms with Crippen LogP contribution < -0.4 is 10.6 Å². The van der Waals surface area contributed by atoms with Crippen molar-refractivity contribution in [2.45, 2.75) is 26.9 Å². The van der Waals surface area contributed by atoms with Crippen molar-refractivity contribution in [2.75, 3.05) is 13.6 Å². The summed E-state index contributed by atoms with van der Waals surface area (Å²) in [5.74, 6) is 2.70. The highest BCUT2D eigenvalue weighted by Crippen LogP contribution is 2.24. The summed E-state index contributed by atoms with van der Waals surface area (Å²) in [4.78, 5) is 8.93. The maximum Gasteiger partial charge on any atom is 0.191 e. The van der Waals surface area contributed by atoms with Crippen LogP contribution in [-0.4, -0.2) is 29.1 Å². The number of imidazole rings is 1. The number of fused-ring (bicyclic) bond motifs is 2. The summed E-state index contributed by atoms with van der Waals surface area (Å²) in [6.07, 6.45) is 0. The Hall–Kier alpha value is -2.55. The smallest absolute Gasteiger partial charge is 0.191 e. The molecule has 0 amide bonds. The van der Waals surface area contributed by atoms with Crippen molar-refractivity contribution in [1.82, 2.24) is 20.2 Å². The zero-order valence-corrected chi connectivity index (χ0v) is 19.2. The summed E-state index contributed by atoms with van der Waals surface area (Å²) < 4.78 is 8.18. The van der Waals surface area contributed by atoms with Gasteiger partial charge >= 0.3 is 0 Å². The zero-order chi connectivity index (χ0) is 19.5. The molecule has 2 heterocycles. The van der Waals surface area contributed by atoms with Crippen LogP contribution in [0.3, 0.4) is 0 Å². The number of hydrogen-bond acceptors (Lipinski definition) is 3. The van der Waals surface area contributed by atoms with Crippen LogP contribution in [0.1, 0.15) is 17.1 Å². The number of para-hydroxylation sites is 3. The van der Waals surface area contributed by atoms with E-state index in [4.69, 9.17) is 4.42 Å². The van der Waals surface area contributed by atoms with Crippen LogP contribution in [0.2, 0.25) is 0 Å². The Bertz CT molecular complexity index is 1140. The number of nitrogens with one attached hydrogen (secondary N) is 2. The lowest BCUT2D eigenvalue weighted by molar-refractivity contribution is 0.534. The quantitative estimate of drug-likeness (QED) is 0.241. The summed E-state index contributed by atoms with van der Waals surface area (Å²) >= 11 is 0. The average molecular weight is 503 g/mol. The fraction of sp³-hybridized carbons (Fsp3) is 0.273. The first kappa shape index (κ1) is 21.2. The third kappa shape index (κ3) is 4.39. The number of aliphatic imine (C=N–C) groups is 1. The first-order chi connectivity index (χ1) is 13.7. The van der Waals surface area contributed by atoms with Gasteiger partial charge in [0.15, 0.2) is 5.96 Å². The maximum atomic E-state index is 5.96. The molecule has 0 spiro atoms. The van der Waals surface area contributed by atoms with Gasteiger partial charge in [-0.1, -0.05) is 30.3 Å². The van der Waals surface area contributed by atoms with E-state index < -0.39 is 0 Å². The van der Waals surface area contributed by atoms with Crippen LogP contribution in [0.4, 0.5) is 0 Å². The predicted octanol–water partition coefficient (Wildman–Crippen LogP) is 4.38. The second kappa shape index (κ2) is 9.30. The first-order valence-electron chi connectivity index (χ1n) is 9.51. The molecule has 7 heteroatoms. The van der Waals surface area contributed by atoms with Gasteiger partial charge in [0.05, 0.1) is 17.6 Å². The second-order valence-corrected chi connectivity index (χ2v) is 6.80. The molecule has 0 radical (unpaired) electrons. The molecule has 152 valence electrons. The number of guanidine groups is 1. The van der Waals surface area contributed by atoms with Gasteiger partial charge in [0.2, 0.25) is 0 Å². The van der Waals surface area contributed by atoms with Gasteiger partial charge in [-0.15, -0.1) is 24.0 Å². The van der Waals surface area contributed by atoms with Crippen molar-refractivity contribution in [3.05, 3.63) is 65.7 Å². The van der Waals surface area contributed by atoms with Gasteiger partial charge in [-0.3, -0.25) is 4.99 Å². The molecular formula is C22H26IN5O. The molecule has 0 saturated carbocycles. The number of rotatable bonds is 5. The van der Waals surface area contributed by atoms with Crippen molar-refractivity contribution < 1.29 is 4.42 Å². The summed E-state index contributed by atoms with van der Waals surface area (Å²) in [5, 5.41) is 7.87. The van der Waals surface area contributed by atoms with Crippen LogP contribution in [-0.2, 0) is 13.1 Å². The van der Waals surface area contributed by atoms with Crippen LogP contribution in [0.5, 0.6) is 0 Å². The SMILES string of the molecule is CN=C(NCCn1c(C)nc2ccccc21)NCc1oc2ccccc2c1C.I. The van der Waals surface area contributed by atoms with Crippen molar-refractivity contribution in [2.24, 2.45) is 4.99 Å². The number of aryl methyl sites for hydroxylation is 2. The van der Waals surface area contributed by atoms with Gasteiger partial charge in [0.1, 0.15) is 17.2 Å². The monoisotopic (exact) mass is 503 g/mol. The average Bonchev–Trinajstić information content (AvgIpc) is 3.21. The molecule has 2 aromatic carbocycles. The van der Waals surface area contributed by atoms with Crippen molar-refractivity contribution in [3.63, 3.8) is 0 Å². The lowest BCUT2D eigenvalue weighted by Crippen LogP contribution is -2.38. The Labute approximate surface area is 187 Å². The molecule has 2 N–H and O–H groups in total. The minimum Gasteiger partial charge on any atom is -0.459 e. The Morgan fingerprint density at radius 3 is 2.62 bits per heavy atom. The largest absolute Gasteiger partial charge is 0.459 e. The molecule has 4 aromatic rings. The Morgan fingerprint density at radius 1 is 1.07 bits per heavy atom. The van der Waals surface area contributed by atoms with Crippen molar-refractivity contribution in [1.29, 1.82) is 0 Å². The van der Waals surface area contributed by atoms with Crippen molar-refractivity contribution in [3.8, 4) is 0 Å². The standard InChI is InChI=1S/C22H25N5O.HI/c1-15-17-8-4-7-11-20(17)28-21(15)14-25-22(23-3)24-12-13-27-16(2)26-18-9-5-6-10-19(18)27;/h4-11H,12-14H2,1-3H3,(H2,23,24,25);1H. The Kier molecular flexibility index (Phi) is 6.79. The van der Waals surface area contributed by atoms with Gasteiger partial charge in [0.25, 0.3) is 0 Å². The summed E-state index contributed by atoms with van der Waals surface area (Å²) in [5.41, 5.74) is 4.27. The molecule has 2 aromatic heterocycles. The number of benzene rings is 2. The molecule has 0 fully saturated rings. The van der Waals surface area contributed by atoms with Crippen LogP contribution in [0.15, 0.2) is 57.9 Å². The van der Waals surface area contributed by atoms with Gasteiger partial charge in [-0.2, -0.15) is 0 Å². The number of nitrogens with zero attached hydrogens (tertiary/aromatic N) is 3. The Morgan fingerprint density at radius 2 is 1.83 bits per heavy atom. The van der Waals surface area contributed by atoms with E-state index in [0.29, 0.717) is 6.54 Å². The normalized spacial score (nSPS) is 11.6. The van der Waals surface area contributed by atoms with Crippen LogP contribution in [0.25, 0.3) is 22.0 Å². The number of halogens is 1. The van der Waals surface area contributed by atoms with E-state index in [1.54, 1.807) is 7.05 Å². The van der Waals surface area contributed by atoms with Gasteiger partial charge in [-0.25, -0.2) is 4.98 Å². The zero-order valence-electron chi connectivity index (χ0n) is 16.9. The van der Waals surface area contributed by atoms with Gasteiger partial charge in [-0.05, 0) is 32.0 Å². The summed E-state index contributed by atoms with van der Waals surface area (Å²) in [6.45, 7) is 6.29. The molecule has 4 rings (SSSR count). The maximum absolute atomic E-state index is 5.96. The molecule has 0 atom stereocenters. The van der Waals surface area contributed by atoms with Crippen molar-refractivity contribution >= 4 is 51.9 Å². The predicted molar refractivity (Wildman–Crippen MR) is 129 cm³/mol. The first-order valence-corrected chi connectivity index (χ1v) is 9.51. The highest BCUT2D eigenvalue weighted by molar-refractivity contribution is 14.0. The minimum absolute atomic E-state index is 0. The van der Waals surface area contributed by atoms with Crippen LogP contribution >= 0.6 is 24.0 Å². The van der Waals surface area contributed by atoms with Gasteiger partial charge in [0, 0.05) is 31.1 Å². The lowest BCUT2D eigenvalue weighted by atomic mass is 10.1. The molecule has 0 unspecified atom stereocenters.